The molecule has 0 spiro atoms. The van der Waals surface area contributed by atoms with Crippen molar-refractivity contribution < 1.29 is 19.8 Å². The zero-order chi connectivity index (χ0) is 14.0. The molecule has 0 aromatic heterocycles. The molecule has 0 radical (unpaired) electrons. The van der Waals surface area contributed by atoms with E-state index in [-0.39, 0.29) is 16.7 Å². The lowest BCUT2D eigenvalue weighted by Gasteiger charge is -2.25. The van der Waals surface area contributed by atoms with Gasteiger partial charge >= 0.3 is 5.97 Å². The quantitative estimate of drug-likeness (QED) is 0.779. The monoisotopic (exact) mass is 281 g/mol. The zero-order valence-electron chi connectivity index (χ0n) is 10.4. The summed E-state index contributed by atoms with van der Waals surface area (Å²) in [6, 6.07) is 5.03. The standard InChI is InChI=1S/C13H15NO4S/c1-7-8(13(17)18)3-2-4-9(7)19-10-5-6-11(15)14-12(10)16/h2-4,10-11,15H,5-6H2,1H3,(H,14,16)(H,17,18). The summed E-state index contributed by atoms with van der Waals surface area (Å²) in [5, 5.41) is 20.6. The second kappa shape index (κ2) is 5.63. The van der Waals surface area contributed by atoms with E-state index in [2.05, 4.69) is 5.32 Å². The largest absolute Gasteiger partial charge is 0.478 e. The molecule has 1 saturated heterocycles. The van der Waals surface area contributed by atoms with Crippen LogP contribution in [0.5, 0.6) is 0 Å². The minimum atomic E-state index is -0.969. The Hall–Kier alpha value is -1.53. The number of carboxylic acid groups (broad SMARTS) is 1. The number of piperidine rings is 1. The molecular formula is C13H15NO4S. The van der Waals surface area contributed by atoms with Crippen LogP contribution in [0.2, 0.25) is 0 Å². The summed E-state index contributed by atoms with van der Waals surface area (Å²) in [5.41, 5.74) is 0.917. The average molecular weight is 281 g/mol. The van der Waals surface area contributed by atoms with Crippen LogP contribution >= 0.6 is 11.8 Å². The third-order valence-corrected chi connectivity index (χ3v) is 4.52. The molecule has 1 aromatic carbocycles. The smallest absolute Gasteiger partial charge is 0.335 e. The van der Waals surface area contributed by atoms with E-state index in [0.717, 1.165) is 4.90 Å². The highest BCUT2D eigenvalue weighted by molar-refractivity contribution is 8.00. The van der Waals surface area contributed by atoms with E-state index in [0.29, 0.717) is 18.4 Å². The first kappa shape index (κ1) is 13.9. The number of hydrogen-bond donors (Lipinski definition) is 3. The summed E-state index contributed by atoms with van der Waals surface area (Å²) < 4.78 is 0. The van der Waals surface area contributed by atoms with Gasteiger partial charge in [-0.3, -0.25) is 4.79 Å². The highest BCUT2D eigenvalue weighted by Crippen LogP contribution is 2.32. The molecule has 102 valence electrons. The van der Waals surface area contributed by atoms with E-state index in [1.807, 2.05) is 6.07 Å². The maximum Gasteiger partial charge on any atom is 0.335 e. The number of amides is 1. The number of carboxylic acids is 1. The maximum absolute atomic E-state index is 11.7. The normalized spacial score (nSPS) is 22.9. The van der Waals surface area contributed by atoms with Crippen molar-refractivity contribution in [3.8, 4) is 0 Å². The predicted octanol–water partition coefficient (Wildman–Crippen LogP) is 1.38. The molecule has 0 saturated carbocycles. The number of aliphatic hydroxyl groups is 1. The Kier molecular flexibility index (Phi) is 4.11. The van der Waals surface area contributed by atoms with Gasteiger partial charge in [-0.2, -0.15) is 0 Å². The number of carbonyl (C=O) groups is 2. The van der Waals surface area contributed by atoms with Gasteiger partial charge in [0.05, 0.1) is 10.8 Å². The average Bonchev–Trinajstić information content (AvgIpc) is 2.34. The van der Waals surface area contributed by atoms with Crippen molar-refractivity contribution in [2.75, 3.05) is 0 Å². The molecule has 1 amide bonds. The van der Waals surface area contributed by atoms with Gasteiger partial charge in [0.1, 0.15) is 6.23 Å². The van der Waals surface area contributed by atoms with E-state index in [4.69, 9.17) is 5.11 Å². The minimum Gasteiger partial charge on any atom is -0.478 e. The van der Waals surface area contributed by atoms with E-state index >= 15 is 0 Å². The van der Waals surface area contributed by atoms with Crippen LogP contribution in [0.4, 0.5) is 0 Å². The summed E-state index contributed by atoms with van der Waals surface area (Å²) in [7, 11) is 0. The summed E-state index contributed by atoms with van der Waals surface area (Å²) in [6.07, 6.45) is 0.325. The Balaban J connectivity index is 2.18. The number of hydrogen-bond acceptors (Lipinski definition) is 4. The Morgan fingerprint density at radius 3 is 2.79 bits per heavy atom. The third kappa shape index (κ3) is 3.08. The molecule has 2 unspecified atom stereocenters. The molecule has 1 aliphatic heterocycles. The number of rotatable bonds is 3. The van der Waals surface area contributed by atoms with E-state index < -0.39 is 12.2 Å². The van der Waals surface area contributed by atoms with Crippen molar-refractivity contribution in [2.24, 2.45) is 0 Å². The van der Waals surface area contributed by atoms with E-state index in [1.165, 1.54) is 11.8 Å². The van der Waals surface area contributed by atoms with Gasteiger partial charge in [-0.1, -0.05) is 6.07 Å². The second-order valence-corrected chi connectivity index (χ2v) is 5.69. The van der Waals surface area contributed by atoms with Gasteiger partial charge in [-0.15, -0.1) is 11.8 Å². The fourth-order valence-electron chi connectivity index (χ4n) is 2.01. The zero-order valence-corrected chi connectivity index (χ0v) is 11.2. The molecule has 1 fully saturated rings. The number of aliphatic hydroxyl groups excluding tert-OH is 1. The first-order valence-corrected chi connectivity index (χ1v) is 6.85. The van der Waals surface area contributed by atoms with Gasteiger partial charge in [0.15, 0.2) is 0 Å². The lowest BCUT2D eigenvalue weighted by Crippen LogP contribution is -2.45. The lowest BCUT2D eigenvalue weighted by atomic mass is 10.1. The van der Waals surface area contributed by atoms with Crippen LogP contribution in [-0.4, -0.2) is 33.6 Å². The maximum atomic E-state index is 11.7. The fraction of sp³-hybridized carbons (Fsp3) is 0.385. The van der Waals surface area contributed by atoms with Crippen LogP contribution in [0.25, 0.3) is 0 Å². The summed E-state index contributed by atoms with van der Waals surface area (Å²) in [4.78, 5) is 23.6. The highest BCUT2D eigenvalue weighted by atomic mass is 32.2. The van der Waals surface area contributed by atoms with E-state index in [9.17, 15) is 14.7 Å². The summed E-state index contributed by atoms with van der Waals surface area (Å²) in [6.45, 7) is 1.74. The summed E-state index contributed by atoms with van der Waals surface area (Å²) in [5.74, 6) is -1.17. The third-order valence-electron chi connectivity index (χ3n) is 3.09. The van der Waals surface area contributed by atoms with Crippen molar-refractivity contribution in [3.63, 3.8) is 0 Å². The highest BCUT2D eigenvalue weighted by Gasteiger charge is 2.28. The molecule has 1 heterocycles. The topological polar surface area (TPSA) is 86.6 Å². The van der Waals surface area contributed by atoms with Gasteiger partial charge in [-0.05, 0) is 37.5 Å². The number of nitrogens with one attached hydrogen (secondary N) is 1. The second-order valence-electron chi connectivity index (χ2n) is 4.44. The molecule has 19 heavy (non-hydrogen) atoms. The SMILES string of the molecule is Cc1c(SC2CCC(O)NC2=O)cccc1C(=O)O. The van der Waals surface area contributed by atoms with Crippen LogP contribution in [0, 0.1) is 6.92 Å². The van der Waals surface area contributed by atoms with Crippen molar-refractivity contribution in [1.82, 2.24) is 5.32 Å². The molecular weight excluding hydrogens is 266 g/mol. The number of thioether (sulfide) groups is 1. The van der Waals surface area contributed by atoms with Crippen molar-refractivity contribution in [1.29, 1.82) is 0 Å². The Morgan fingerprint density at radius 2 is 2.16 bits per heavy atom. The molecule has 0 aliphatic carbocycles. The molecule has 2 atom stereocenters. The lowest BCUT2D eigenvalue weighted by molar-refractivity contribution is -0.125. The first-order chi connectivity index (χ1) is 8.99. The molecule has 1 aromatic rings. The molecule has 2 rings (SSSR count). The van der Waals surface area contributed by atoms with Gasteiger partial charge in [0.2, 0.25) is 5.91 Å². The first-order valence-electron chi connectivity index (χ1n) is 5.97. The van der Waals surface area contributed by atoms with Crippen LogP contribution in [0.1, 0.15) is 28.8 Å². The van der Waals surface area contributed by atoms with Gasteiger partial charge in [0, 0.05) is 4.90 Å². The van der Waals surface area contributed by atoms with Crippen molar-refractivity contribution in [3.05, 3.63) is 29.3 Å². The minimum absolute atomic E-state index is 0.205. The van der Waals surface area contributed by atoms with Crippen LogP contribution in [0.3, 0.4) is 0 Å². The molecule has 6 heteroatoms. The van der Waals surface area contributed by atoms with Crippen LogP contribution < -0.4 is 5.32 Å². The van der Waals surface area contributed by atoms with Gasteiger partial charge in [0.25, 0.3) is 0 Å². The fourth-order valence-corrected chi connectivity index (χ4v) is 3.19. The van der Waals surface area contributed by atoms with Crippen molar-refractivity contribution in [2.45, 2.75) is 36.1 Å². The van der Waals surface area contributed by atoms with Crippen LogP contribution in [-0.2, 0) is 4.79 Å². The Morgan fingerprint density at radius 1 is 1.42 bits per heavy atom. The van der Waals surface area contributed by atoms with E-state index in [1.54, 1.807) is 19.1 Å². The molecule has 0 bridgehead atoms. The summed E-state index contributed by atoms with van der Waals surface area (Å²) >= 11 is 1.35. The van der Waals surface area contributed by atoms with Gasteiger partial charge in [-0.25, -0.2) is 4.79 Å². The molecule has 1 aliphatic rings. The predicted molar refractivity (Wildman–Crippen MR) is 71.2 cm³/mol. The van der Waals surface area contributed by atoms with Gasteiger partial charge < -0.3 is 15.5 Å². The number of aromatic carboxylic acids is 1. The Labute approximate surface area is 115 Å². The van der Waals surface area contributed by atoms with Crippen LogP contribution in [0.15, 0.2) is 23.1 Å². The molecule has 3 N–H and O–H groups in total. The number of carbonyl (C=O) groups excluding carboxylic acids is 1. The molecule has 5 nitrogen and oxygen atoms in total. The van der Waals surface area contributed by atoms with Crippen molar-refractivity contribution >= 4 is 23.6 Å². The number of benzene rings is 1. The Bertz CT molecular complexity index is 517.